The summed E-state index contributed by atoms with van der Waals surface area (Å²) in [4.78, 5) is 6.81. The van der Waals surface area contributed by atoms with Crippen molar-refractivity contribution in [2.24, 2.45) is 0 Å². The first-order valence-corrected chi connectivity index (χ1v) is 9.78. The lowest BCUT2D eigenvalue weighted by Crippen LogP contribution is -2.40. The molecule has 1 N–H and O–H groups in total. The second-order valence-electron chi connectivity index (χ2n) is 6.15. The molecular weight excluding hydrogens is 322 g/mol. The van der Waals surface area contributed by atoms with E-state index in [-0.39, 0.29) is 6.61 Å². The van der Waals surface area contributed by atoms with Crippen LogP contribution in [0.3, 0.4) is 0 Å². The second-order valence-corrected chi connectivity index (χ2v) is 7.30. The van der Waals surface area contributed by atoms with E-state index < -0.39 is 0 Å². The predicted octanol–water partition coefficient (Wildman–Crippen LogP) is 2.54. The third-order valence-corrected chi connectivity index (χ3v) is 5.57. The Morgan fingerprint density at radius 2 is 2.12 bits per heavy atom. The SMILES string of the molecule is OCCN(Cc1nc(CCc2ccccc2)no1)C1CCCSC1. The van der Waals surface area contributed by atoms with Gasteiger partial charge in [-0.25, -0.2) is 0 Å². The van der Waals surface area contributed by atoms with Gasteiger partial charge in [-0.1, -0.05) is 35.5 Å². The van der Waals surface area contributed by atoms with Crippen molar-refractivity contribution in [3.63, 3.8) is 0 Å². The van der Waals surface area contributed by atoms with Crippen molar-refractivity contribution in [3.8, 4) is 0 Å². The molecule has 5 nitrogen and oxygen atoms in total. The Labute approximate surface area is 147 Å². The zero-order valence-electron chi connectivity index (χ0n) is 13.9. The van der Waals surface area contributed by atoms with Gasteiger partial charge in [0.2, 0.25) is 5.89 Å². The number of aromatic nitrogens is 2. The van der Waals surface area contributed by atoms with Crippen LogP contribution in [0.15, 0.2) is 34.9 Å². The summed E-state index contributed by atoms with van der Waals surface area (Å²) >= 11 is 1.99. The number of hydrogen-bond acceptors (Lipinski definition) is 6. The zero-order chi connectivity index (χ0) is 16.6. The normalized spacial score (nSPS) is 18.2. The number of thioether (sulfide) groups is 1. The molecule has 0 aliphatic carbocycles. The van der Waals surface area contributed by atoms with Crippen molar-refractivity contribution < 1.29 is 9.63 Å². The molecule has 24 heavy (non-hydrogen) atoms. The Kier molecular flexibility index (Phi) is 6.69. The summed E-state index contributed by atoms with van der Waals surface area (Å²) in [6, 6.07) is 10.8. The maximum absolute atomic E-state index is 9.35. The minimum absolute atomic E-state index is 0.163. The van der Waals surface area contributed by atoms with Crippen molar-refractivity contribution in [2.45, 2.75) is 38.3 Å². The first-order chi connectivity index (χ1) is 11.8. The number of aliphatic hydroxyl groups excluding tert-OH is 1. The number of nitrogens with zero attached hydrogens (tertiary/aromatic N) is 3. The molecule has 2 heterocycles. The van der Waals surface area contributed by atoms with Crippen molar-refractivity contribution in [1.82, 2.24) is 15.0 Å². The first kappa shape index (κ1) is 17.5. The summed E-state index contributed by atoms with van der Waals surface area (Å²) in [5, 5.41) is 13.5. The van der Waals surface area contributed by atoms with E-state index in [1.807, 2.05) is 30.0 Å². The molecule has 1 aliphatic heterocycles. The van der Waals surface area contributed by atoms with Gasteiger partial charge in [-0.05, 0) is 30.6 Å². The lowest BCUT2D eigenvalue weighted by atomic mass is 10.1. The van der Waals surface area contributed by atoms with Crippen molar-refractivity contribution in [3.05, 3.63) is 47.6 Å². The van der Waals surface area contributed by atoms with E-state index in [4.69, 9.17) is 4.52 Å². The lowest BCUT2D eigenvalue weighted by Gasteiger charge is -2.32. The van der Waals surface area contributed by atoms with Crippen LogP contribution in [-0.2, 0) is 19.4 Å². The molecule has 1 aliphatic rings. The van der Waals surface area contributed by atoms with Crippen molar-refractivity contribution in [2.75, 3.05) is 24.7 Å². The van der Waals surface area contributed by atoms with Crippen LogP contribution in [0.25, 0.3) is 0 Å². The van der Waals surface area contributed by atoms with Gasteiger partial charge in [0.1, 0.15) is 0 Å². The maximum atomic E-state index is 9.35. The minimum Gasteiger partial charge on any atom is -0.395 e. The number of aliphatic hydroxyl groups is 1. The Balaban J connectivity index is 1.55. The smallest absolute Gasteiger partial charge is 0.240 e. The van der Waals surface area contributed by atoms with E-state index in [2.05, 4.69) is 27.2 Å². The Hall–Kier alpha value is -1.37. The fraction of sp³-hybridized carbons (Fsp3) is 0.556. The Morgan fingerprint density at radius 1 is 1.25 bits per heavy atom. The molecule has 1 unspecified atom stereocenters. The van der Waals surface area contributed by atoms with Crippen LogP contribution in [-0.4, -0.2) is 50.8 Å². The van der Waals surface area contributed by atoms with E-state index in [1.54, 1.807) is 0 Å². The van der Waals surface area contributed by atoms with Crippen LogP contribution in [0.5, 0.6) is 0 Å². The quantitative estimate of drug-likeness (QED) is 0.792. The largest absolute Gasteiger partial charge is 0.395 e. The highest BCUT2D eigenvalue weighted by molar-refractivity contribution is 7.99. The van der Waals surface area contributed by atoms with E-state index >= 15 is 0 Å². The summed E-state index contributed by atoms with van der Waals surface area (Å²) in [6.07, 6.45) is 4.12. The monoisotopic (exact) mass is 347 g/mol. The van der Waals surface area contributed by atoms with Crippen LogP contribution < -0.4 is 0 Å². The summed E-state index contributed by atoms with van der Waals surface area (Å²) in [5.74, 6) is 3.78. The molecule has 1 aromatic carbocycles. The number of aryl methyl sites for hydroxylation is 2. The molecular formula is C18H25N3O2S. The summed E-state index contributed by atoms with van der Waals surface area (Å²) in [5.41, 5.74) is 1.28. The molecule has 2 aromatic rings. The highest BCUT2D eigenvalue weighted by atomic mass is 32.2. The molecule has 6 heteroatoms. The molecule has 0 spiro atoms. The molecule has 1 atom stereocenters. The van der Waals surface area contributed by atoms with Gasteiger partial charge in [-0.2, -0.15) is 16.7 Å². The van der Waals surface area contributed by atoms with Crippen LogP contribution >= 0.6 is 11.8 Å². The molecule has 0 bridgehead atoms. The highest BCUT2D eigenvalue weighted by Crippen LogP contribution is 2.22. The maximum Gasteiger partial charge on any atom is 0.240 e. The van der Waals surface area contributed by atoms with Crippen LogP contribution in [0.2, 0.25) is 0 Å². The van der Waals surface area contributed by atoms with E-state index in [1.165, 1.54) is 24.2 Å². The van der Waals surface area contributed by atoms with Gasteiger partial charge in [0.15, 0.2) is 5.82 Å². The average molecular weight is 347 g/mol. The number of benzene rings is 1. The van der Waals surface area contributed by atoms with E-state index in [9.17, 15) is 5.11 Å². The van der Waals surface area contributed by atoms with Gasteiger partial charge in [0.05, 0.1) is 13.2 Å². The first-order valence-electron chi connectivity index (χ1n) is 8.63. The third-order valence-electron chi connectivity index (χ3n) is 4.37. The van der Waals surface area contributed by atoms with Crippen molar-refractivity contribution >= 4 is 11.8 Å². The third kappa shape index (κ3) is 5.06. The molecule has 3 rings (SSSR count). The number of hydrogen-bond donors (Lipinski definition) is 1. The van der Waals surface area contributed by atoms with Gasteiger partial charge < -0.3 is 9.63 Å². The minimum atomic E-state index is 0.163. The second kappa shape index (κ2) is 9.20. The predicted molar refractivity (Wildman–Crippen MR) is 96.0 cm³/mol. The Morgan fingerprint density at radius 3 is 2.88 bits per heavy atom. The van der Waals surface area contributed by atoms with Crippen LogP contribution in [0.1, 0.15) is 30.1 Å². The fourth-order valence-corrected chi connectivity index (χ4v) is 4.25. The van der Waals surface area contributed by atoms with Gasteiger partial charge in [-0.15, -0.1) is 0 Å². The Bertz CT molecular complexity index is 599. The van der Waals surface area contributed by atoms with Gasteiger partial charge in [0.25, 0.3) is 0 Å². The van der Waals surface area contributed by atoms with E-state index in [0.717, 1.165) is 24.4 Å². The lowest BCUT2D eigenvalue weighted by molar-refractivity contribution is 0.131. The summed E-state index contributed by atoms with van der Waals surface area (Å²) < 4.78 is 5.43. The standard InChI is InChI=1S/C18H25N3O2S/c22-11-10-21(16-7-4-12-24-14-16)13-18-19-17(20-23-18)9-8-15-5-2-1-3-6-15/h1-3,5-6,16,22H,4,7-14H2. The van der Waals surface area contributed by atoms with Crippen LogP contribution in [0.4, 0.5) is 0 Å². The molecule has 0 amide bonds. The summed E-state index contributed by atoms with van der Waals surface area (Å²) in [7, 11) is 0. The van der Waals surface area contributed by atoms with Gasteiger partial charge >= 0.3 is 0 Å². The molecule has 0 radical (unpaired) electrons. The van der Waals surface area contributed by atoms with Gasteiger partial charge in [0, 0.05) is 24.8 Å². The molecule has 1 fully saturated rings. The van der Waals surface area contributed by atoms with E-state index in [0.29, 0.717) is 25.0 Å². The molecule has 0 saturated carbocycles. The zero-order valence-corrected chi connectivity index (χ0v) is 14.7. The fourth-order valence-electron chi connectivity index (χ4n) is 3.06. The highest BCUT2D eigenvalue weighted by Gasteiger charge is 2.23. The molecule has 130 valence electrons. The van der Waals surface area contributed by atoms with Crippen molar-refractivity contribution in [1.29, 1.82) is 0 Å². The molecule has 1 saturated heterocycles. The topological polar surface area (TPSA) is 62.4 Å². The summed E-state index contributed by atoms with van der Waals surface area (Å²) in [6.45, 7) is 1.45. The number of rotatable bonds is 8. The average Bonchev–Trinajstić information content (AvgIpc) is 3.09. The van der Waals surface area contributed by atoms with Crippen LogP contribution in [0, 0.1) is 0 Å². The molecule has 1 aromatic heterocycles. The van der Waals surface area contributed by atoms with Gasteiger partial charge in [-0.3, -0.25) is 4.90 Å².